The van der Waals surface area contributed by atoms with Crippen LogP contribution in [0.3, 0.4) is 0 Å². The third kappa shape index (κ3) is 4.91. The molecule has 3 rings (SSSR count). The van der Waals surface area contributed by atoms with Crippen LogP contribution in [0.15, 0.2) is 59.5 Å². The van der Waals surface area contributed by atoms with E-state index < -0.39 is 22.4 Å². The molecule has 2 aromatic carbocycles. The Morgan fingerprint density at radius 3 is 2.25 bits per heavy atom. The number of esters is 1. The van der Waals surface area contributed by atoms with Crippen LogP contribution in [0.25, 0.3) is 5.69 Å². The van der Waals surface area contributed by atoms with E-state index in [0.717, 1.165) is 23.4 Å². The fourth-order valence-electron chi connectivity index (χ4n) is 3.55. The number of ether oxygens (including phenoxy) is 2. The topological polar surface area (TPSA) is 91.7 Å². The van der Waals surface area contributed by atoms with Crippen molar-refractivity contribution < 1.29 is 27.5 Å². The van der Waals surface area contributed by atoms with Crippen LogP contribution < -0.4 is 4.74 Å². The van der Waals surface area contributed by atoms with Crippen LogP contribution in [0.5, 0.6) is 5.75 Å². The van der Waals surface area contributed by atoms with Crippen molar-refractivity contribution in [3.8, 4) is 11.4 Å². The van der Waals surface area contributed by atoms with Crippen LogP contribution in [0.2, 0.25) is 0 Å². The lowest BCUT2D eigenvalue weighted by atomic mass is 10.1. The van der Waals surface area contributed by atoms with Gasteiger partial charge in [0.15, 0.2) is 16.4 Å². The number of carbonyl (C=O) groups is 2. The summed E-state index contributed by atoms with van der Waals surface area (Å²) in [4.78, 5) is 25.1. The maximum atomic E-state index is 12.8. The summed E-state index contributed by atoms with van der Waals surface area (Å²) in [6.45, 7) is 5.70. The molecule has 8 heteroatoms. The van der Waals surface area contributed by atoms with Crippen LogP contribution >= 0.6 is 0 Å². The Kier molecular flexibility index (Phi) is 6.84. The number of aryl methyl sites for hydroxylation is 1. The summed E-state index contributed by atoms with van der Waals surface area (Å²) in [6, 6.07) is 15.0. The summed E-state index contributed by atoms with van der Waals surface area (Å²) in [6.07, 6.45) is 1.01. The molecule has 0 fully saturated rings. The minimum atomic E-state index is -3.61. The Morgan fingerprint density at radius 2 is 1.62 bits per heavy atom. The van der Waals surface area contributed by atoms with E-state index in [1.165, 1.54) is 24.3 Å². The van der Waals surface area contributed by atoms with E-state index in [1.807, 2.05) is 49.6 Å². The summed E-state index contributed by atoms with van der Waals surface area (Å²) in [5.41, 5.74) is 2.78. The lowest BCUT2D eigenvalue weighted by molar-refractivity contribution is 0.0471. The van der Waals surface area contributed by atoms with Crippen LogP contribution in [-0.4, -0.2) is 44.2 Å². The molecule has 7 nitrogen and oxygen atoms in total. The Labute approximate surface area is 187 Å². The molecule has 0 amide bonds. The molecule has 32 heavy (non-hydrogen) atoms. The smallest absolute Gasteiger partial charge is 0.339 e. The van der Waals surface area contributed by atoms with Gasteiger partial charge in [-0.25, -0.2) is 13.2 Å². The van der Waals surface area contributed by atoms with Crippen molar-refractivity contribution in [2.24, 2.45) is 0 Å². The summed E-state index contributed by atoms with van der Waals surface area (Å²) in [5, 5.41) is 0. The van der Waals surface area contributed by atoms with Crippen LogP contribution in [0.1, 0.15) is 39.0 Å². The van der Waals surface area contributed by atoms with Gasteiger partial charge in [0, 0.05) is 28.9 Å². The predicted octanol–water partition coefficient (Wildman–Crippen LogP) is 3.94. The number of Topliss-reactive ketones (excluding diaryl/α,β-unsaturated/α-hetero) is 1. The molecule has 0 saturated carbocycles. The molecule has 1 heterocycles. The van der Waals surface area contributed by atoms with E-state index >= 15 is 0 Å². The Morgan fingerprint density at radius 1 is 0.969 bits per heavy atom. The average Bonchev–Trinajstić information content (AvgIpc) is 3.06. The van der Waals surface area contributed by atoms with Crippen molar-refractivity contribution in [3.63, 3.8) is 0 Å². The van der Waals surface area contributed by atoms with Crippen LogP contribution in [0, 0.1) is 13.8 Å². The van der Waals surface area contributed by atoms with Gasteiger partial charge in [0.25, 0.3) is 0 Å². The molecule has 0 atom stereocenters. The van der Waals surface area contributed by atoms with Crippen molar-refractivity contribution in [3.05, 3.63) is 77.1 Å². The van der Waals surface area contributed by atoms with E-state index in [4.69, 9.17) is 9.47 Å². The number of carbonyl (C=O) groups excluding carboxylic acids is 2. The molecular weight excluding hydrogens is 430 g/mol. The second-order valence-corrected chi connectivity index (χ2v) is 9.30. The highest BCUT2D eigenvalue weighted by Crippen LogP contribution is 2.24. The average molecular weight is 456 g/mol. The summed E-state index contributed by atoms with van der Waals surface area (Å²) >= 11 is 0. The number of hydrogen-bond donors (Lipinski definition) is 0. The van der Waals surface area contributed by atoms with Gasteiger partial charge in [-0.3, -0.25) is 4.79 Å². The quantitative estimate of drug-likeness (QED) is 0.377. The first-order valence-corrected chi connectivity index (χ1v) is 11.9. The molecule has 3 aromatic rings. The van der Waals surface area contributed by atoms with Crippen LogP contribution in [-0.2, 0) is 14.6 Å². The van der Waals surface area contributed by atoms with E-state index in [0.29, 0.717) is 17.9 Å². The lowest BCUT2D eigenvalue weighted by Crippen LogP contribution is -2.17. The molecule has 0 saturated heterocycles. The highest BCUT2D eigenvalue weighted by Gasteiger charge is 2.22. The molecule has 0 aliphatic rings. The zero-order valence-corrected chi connectivity index (χ0v) is 19.2. The van der Waals surface area contributed by atoms with Gasteiger partial charge in [0.05, 0.1) is 17.1 Å². The zero-order chi connectivity index (χ0) is 23.5. The summed E-state index contributed by atoms with van der Waals surface area (Å²) < 4.78 is 36.4. The number of benzene rings is 2. The standard InChI is InChI=1S/C24H25NO6S/c1-5-30-19-12-10-18(11-13-19)25-16(2)14-21(17(25)3)22(26)15-31-24(27)20-8-6-7-9-23(20)32(4,28)29/h6-14H,5,15H2,1-4H3. The number of aromatic nitrogens is 1. The summed E-state index contributed by atoms with van der Waals surface area (Å²) in [7, 11) is -3.61. The molecule has 0 N–H and O–H groups in total. The zero-order valence-electron chi connectivity index (χ0n) is 18.4. The minimum absolute atomic E-state index is 0.0948. The van der Waals surface area contributed by atoms with E-state index in [9.17, 15) is 18.0 Å². The Hall–Kier alpha value is -3.39. The second-order valence-electron chi connectivity index (χ2n) is 7.31. The molecule has 0 aliphatic carbocycles. The van der Waals surface area contributed by atoms with E-state index in [-0.39, 0.29) is 16.2 Å². The van der Waals surface area contributed by atoms with Crippen molar-refractivity contribution >= 4 is 21.6 Å². The third-order valence-electron chi connectivity index (χ3n) is 4.98. The van der Waals surface area contributed by atoms with Crippen LogP contribution in [0.4, 0.5) is 0 Å². The first-order chi connectivity index (χ1) is 15.1. The second kappa shape index (κ2) is 9.40. The van der Waals surface area contributed by atoms with E-state index in [1.54, 1.807) is 6.07 Å². The number of nitrogens with zero attached hydrogens (tertiary/aromatic N) is 1. The monoisotopic (exact) mass is 455 g/mol. The van der Waals surface area contributed by atoms with Gasteiger partial charge in [-0.15, -0.1) is 0 Å². The molecule has 168 valence electrons. The molecule has 0 spiro atoms. The van der Waals surface area contributed by atoms with Gasteiger partial charge < -0.3 is 14.0 Å². The fraction of sp³-hybridized carbons (Fsp3) is 0.250. The first kappa shape index (κ1) is 23.3. The van der Waals surface area contributed by atoms with Gasteiger partial charge in [-0.1, -0.05) is 12.1 Å². The SMILES string of the molecule is CCOc1ccc(-n2c(C)cc(C(=O)COC(=O)c3ccccc3S(C)(=O)=O)c2C)cc1. The number of ketones is 1. The number of hydrogen-bond acceptors (Lipinski definition) is 6. The van der Waals surface area contributed by atoms with Gasteiger partial charge in [-0.2, -0.15) is 0 Å². The fourth-order valence-corrected chi connectivity index (χ4v) is 4.42. The molecule has 0 unspecified atom stereocenters. The largest absolute Gasteiger partial charge is 0.494 e. The maximum absolute atomic E-state index is 12.8. The van der Waals surface area contributed by atoms with Gasteiger partial charge in [-0.05, 0) is 63.2 Å². The summed E-state index contributed by atoms with van der Waals surface area (Å²) in [5.74, 6) is -0.475. The predicted molar refractivity (Wildman–Crippen MR) is 121 cm³/mol. The maximum Gasteiger partial charge on any atom is 0.339 e. The highest BCUT2D eigenvalue weighted by atomic mass is 32.2. The highest BCUT2D eigenvalue weighted by molar-refractivity contribution is 7.90. The number of rotatable bonds is 8. The van der Waals surface area contributed by atoms with Crippen molar-refractivity contribution in [2.75, 3.05) is 19.5 Å². The molecule has 0 radical (unpaired) electrons. The third-order valence-corrected chi connectivity index (χ3v) is 6.13. The molecule has 0 bridgehead atoms. The minimum Gasteiger partial charge on any atom is -0.494 e. The first-order valence-electron chi connectivity index (χ1n) is 10.0. The Balaban J connectivity index is 1.78. The number of sulfone groups is 1. The lowest BCUT2D eigenvalue weighted by Gasteiger charge is -2.11. The molecule has 1 aromatic heterocycles. The van der Waals surface area contributed by atoms with Crippen molar-refractivity contribution in [2.45, 2.75) is 25.7 Å². The van der Waals surface area contributed by atoms with Gasteiger partial charge in [0.2, 0.25) is 5.78 Å². The van der Waals surface area contributed by atoms with Crippen molar-refractivity contribution in [1.82, 2.24) is 4.57 Å². The normalized spacial score (nSPS) is 11.2. The van der Waals surface area contributed by atoms with Gasteiger partial charge >= 0.3 is 5.97 Å². The van der Waals surface area contributed by atoms with Crippen molar-refractivity contribution in [1.29, 1.82) is 0 Å². The van der Waals surface area contributed by atoms with Gasteiger partial charge in [0.1, 0.15) is 5.75 Å². The Bertz CT molecular complexity index is 1260. The molecule has 0 aliphatic heterocycles. The van der Waals surface area contributed by atoms with E-state index in [2.05, 4.69) is 0 Å². The molecular formula is C24H25NO6S.